The maximum absolute atomic E-state index is 14.6. The number of rotatable bonds is 50. The number of carboxylic acids is 1. The van der Waals surface area contributed by atoms with Gasteiger partial charge in [0.25, 0.3) is 5.91 Å². The number of amides is 7. The van der Waals surface area contributed by atoms with Gasteiger partial charge in [-0.05, 0) is 105 Å². The van der Waals surface area contributed by atoms with Crippen molar-refractivity contribution in [2.75, 3.05) is 92.0 Å². The number of fused-ring (bicyclic) bond motifs is 2. The van der Waals surface area contributed by atoms with Crippen molar-refractivity contribution in [1.29, 1.82) is 0 Å². The van der Waals surface area contributed by atoms with Crippen molar-refractivity contribution in [2.45, 2.75) is 194 Å². The van der Waals surface area contributed by atoms with E-state index < -0.39 is 71.8 Å². The number of nitrogens with one attached hydrogen (secondary N) is 4. The molecule has 0 spiro atoms. The molecule has 0 saturated carbocycles. The summed E-state index contributed by atoms with van der Waals surface area (Å²) < 4.78 is 28.4. The van der Waals surface area contributed by atoms with Crippen LogP contribution in [-0.4, -0.2) is 196 Å². The Morgan fingerprint density at radius 2 is 1.37 bits per heavy atom. The first-order valence-electron chi connectivity index (χ1n) is 38.8. The second-order valence-electron chi connectivity index (χ2n) is 29.5. The van der Waals surface area contributed by atoms with Crippen molar-refractivity contribution < 1.29 is 81.5 Å². The number of para-hydroxylation sites is 1. The van der Waals surface area contributed by atoms with E-state index in [0.29, 0.717) is 68.5 Å². The van der Waals surface area contributed by atoms with Crippen LogP contribution in [0.1, 0.15) is 194 Å². The third-order valence-corrected chi connectivity index (χ3v) is 21.4. The number of nitrogens with zero attached hydrogens (tertiary/aromatic N) is 4. The number of carbonyl (C=O) groups excluding carboxylic acids is 10. The number of piperidine rings is 1. The number of carboxylic acid groups (broad SMARTS) is 1. The molecule has 1 saturated heterocycles. The standard InChI is InChI=1S/C83H117N9O17S/c1-11-56(6)66(50-73(95)70-25-18-19-37-90(70)9)81(101)91(10)71(55(4)5)51-74(109-83(104)85-8)80-89-68(53-110-80)79(100)87-63(46-57(7)82(102)103)47-58-27-29-59(30-28-58)48-72(94)67(23-15-17-26-75(84)96)88-78(99)65(54(2)3)49-64(93)35-38-105-40-42-107-44-45-108-43-41-106-39-36-86-76(97)33-34-77(98)92-52-62-22-13-12-20-60(62)31-32-61-21-14-16-24-69(61)92/h12-14,16,20-22,24,27-30,53-57,63,65-67,70-71,74H,11,15,17-19,23,25-26,33-52H2,1-10H3,(H2,84,96)(H,85,104)(H,86,97)(H,87,100)(H,88,99)(H,102,103)/t56-,57-,63+,65-,66-,67-,70+,71+,74+/m0/s1. The van der Waals surface area contributed by atoms with E-state index in [0.717, 1.165) is 59.4 Å². The third-order valence-electron chi connectivity index (χ3n) is 20.5. The van der Waals surface area contributed by atoms with Gasteiger partial charge in [-0.15, -0.1) is 11.3 Å². The number of unbranched alkanes of at least 4 members (excludes halogenated alkanes) is 1. The number of ether oxygens (including phenoxy) is 5. The van der Waals surface area contributed by atoms with E-state index in [9.17, 15) is 57.8 Å². The Morgan fingerprint density at radius 1 is 0.727 bits per heavy atom. The van der Waals surface area contributed by atoms with Gasteiger partial charge in [-0.2, -0.15) is 0 Å². The Kier molecular flexibility index (Phi) is 38.9. The molecule has 0 bridgehead atoms. The summed E-state index contributed by atoms with van der Waals surface area (Å²) >= 11 is 1.10. The summed E-state index contributed by atoms with van der Waals surface area (Å²) in [6, 6.07) is 19.9. The van der Waals surface area contributed by atoms with Crippen LogP contribution in [0.5, 0.6) is 0 Å². The molecule has 2 aliphatic heterocycles. The highest BCUT2D eigenvalue weighted by Crippen LogP contribution is 2.34. The molecule has 7 amide bonds. The first-order valence-corrected chi connectivity index (χ1v) is 39.7. The largest absolute Gasteiger partial charge is 0.481 e. The molecule has 6 rings (SSSR count). The number of likely N-dealkylation sites (N-methyl/N-ethyl adjacent to an activating group) is 1. The quantitative estimate of drug-likeness (QED) is 0.0177. The number of Topliss-reactive ketones (excluding diaryl/α,β-unsaturated/α-hetero) is 3. The fourth-order valence-electron chi connectivity index (χ4n) is 13.6. The van der Waals surface area contributed by atoms with Crippen molar-refractivity contribution in [2.24, 2.45) is 41.2 Å². The fraction of sp³-hybridized carbons (Fsp3) is 0.590. The molecule has 9 atom stereocenters. The number of primary amides is 1. The van der Waals surface area contributed by atoms with Crippen molar-refractivity contribution >= 4 is 81.9 Å². The molecule has 0 aliphatic carbocycles. The normalized spacial score (nSPS) is 15.6. The highest BCUT2D eigenvalue weighted by molar-refractivity contribution is 7.09. The minimum absolute atomic E-state index is 0.0100. The van der Waals surface area contributed by atoms with Crippen LogP contribution in [0.3, 0.4) is 0 Å². The Balaban J connectivity index is 0.925. The van der Waals surface area contributed by atoms with E-state index in [1.807, 2.05) is 97.1 Å². The Morgan fingerprint density at radius 3 is 2.02 bits per heavy atom. The lowest BCUT2D eigenvalue weighted by Gasteiger charge is -2.37. The second kappa shape index (κ2) is 47.4. The Labute approximate surface area is 652 Å². The van der Waals surface area contributed by atoms with E-state index >= 15 is 0 Å². The Bertz CT molecular complexity index is 3740. The molecule has 3 heterocycles. The van der Waals surface area contributed by atoms with Crippen LogP contribution >= 0.6 is 11.3 Å². The number of anilines is 1. The van der Waals surface area contributed by atoms with Crippen LogP contribution in [0.4, 0.5) is 10.5 Å². The lowest BCUT2D eigenvalue weighted by molar-refractivity contribution is -0.143. The highest BCUT2D eigenvalue weighted by atomic mass is 32.1. The second-order valence-corrected chi connectivity index (χ2v) is 30.4. The number of ketones is 3. The van der Waals surface area contributed by atoms with Crippen LogP contribution in [0.15, 0.2) is 78.2 Å². The topological polar surface area (TPSA) is 351 Å². The first kappa shape index (κ1) is 90.1. The molecule has 27 heteroatoms. The molecule has 3 aromatic carbocycles. The van der Waals surface area contributed by atoms with Gasteiger partial charge in [0, 0.05) is 112 Å². The third kappa shape index (κ3) is 30.1. The van der Waals surface area contributed by atoms with Crippen LogP contribution in [-0.2, 0) is 86.2 Å². The van der Waals surface area contributed by atoms with Gasteiger partial charge >= 0.3 is 12.1 Å². The number of benzene rings is 3. The lowest BCUT2D eigenvalue weighted by atomic mass is 9.83. The molecule has 1 fully saturated rings. The number of aromatic nitrogens is 1. The average Bonchev–Trinajstić information content (AvgIpc) is 1.00. The van der Waals surface area contributed by atoms with E-state index in [1.165, 1.54) is 12.4 Å². The van der Waals surface area contributed by atoms with Crippen LogP contribution in [0.2, 0.25) is 0 Å². The van der Waals surface area contributed by atoms with Crippen molar-refractivity contribution in [1.82, 2.24) is 36.1 Å². The average molecular weight is 1540 g/mol. The van der Waals surface area contributed by atoms with Crippen LogP contribution in [0, 0.1) is 47.3 Å². The zero-order chi connectivity index (χ0) is 80.2. The minimum atomic E-state index is -1.06. The van der Waals surface area contributed by atoms with Gasteiger partial charge < -0.3 is 65.6 Å². The van der Waals surface area contributed by atoms with Gasteiger partial charge in [0.2, 0.25) is 29.5 Å². The summed E-state index contributed by atoms with van der Waals surface area (Å²) in [6.07, 6.45) is 3.28. The number of hydrogen-bond acceptors (Lipinski definition) is 19. The van der Waals surface area contributed by atoms with Crippen LogP contribution < -0.4 is 31.9 Å². The van der Waals surface area contributed by atoms with Gasteiger partial charge in [-0.25, -0.2) is 9.78 Å². The molecule has 4 aromatic rings. The summed E-state index contributed by atoms with van der Waals surface area (Å²) in [6.45, 7) is 16.6. The van der Waals surface area contributed by atoms with Gasteiger partial charge in [0.15, 0.2) is 17.7 Å². The fourth-order valence-corrected chi connectivity index (χ4v) is 14.4. The first-order chi connectivity index (χ1) is 52.7. The molecule has 110 heavy (non-hydrogen) atoms. The number of alkyl carbamates (subject to hydrolysis) is 1. The van der Waals surface area contributed by atoms with E-state index in [2.05, 4.69) is 43.0 Å². The minimum Gasteiger partial charge on any atom is -0.481 e. The van der Waals surface area contributed by atoms with Crippen molar-refractivity contribution in [3.8, 4) is 11.8 Å². The molecule has 1 aromatic heterocycles. The summed E-state index contributed by atoms with van der Waals surface area (Å²) in [4.78, 5) is 157. The summed E-state index contributed by atoms with van der Waals surface area (Å²) in [7, 11) is 5.10. The van der Waals surface area contributed by atoms with E-state index in [1.54, 1.807) is 48.0 Å². The number of thiazole rings is 1. The van der Waals surface area contributed by atoms with Gasteiger partial charge in [-0.3, -0.25) is 52.8 Å². The monoisotopic (exact) mass is 1540 g/mol. The zero-order valence-corrected chi connectivity index (χ0v) is 66.7. The van der Waals surface area contributed by atoms with E-state index in [-0.39, 0.29) is 168 Å². The van der Waals surface area contributed by atoms with Gasteiger partial charge in [0.05, 0.1) is 83.1 Å². The smallest absolute Gasteiger partial charge is 0.407 e. The molecule has 602 valence electrons. The number of carbonyl (C=O) groups is 11. The summed E-state index contributed by atoms with van der Waals surface area (Å²) in [5, 5.41) is 23.0. The highest BCUT2D eigenvalue weighted by Gasteiger charge is 2.39. The SMILES string of the molecule is CC[C@H](C)[C@H](CC(=O)[C@H]1CCCCN1C)C(=O)N(C)[C@H](C[C@@H](OC(=O)NC)c1nc(C(=O)N[C@@H](Cc2ccc(CC(=O)[C@H](CCCCC(N)=O)NC(=O)[C@@H](CC(=O)CCOCCOCCOCCOCCNC(=O)CCC(=O)N3Cc4ccccc4C#Cc4ccccc43)C(C)C)cc2)C[C@H](C)C(=O)O)cs1)C(C)C. The molecule has 0 unspecified atom stereocenters. The number of hydrogen-bond donors (Lipinski definition) is 6. The number of aliphatic carboxylic acids is 1. The summed E-state index contributed by atoms with van der Waals surface area (Å²) in [5.74, 6) is 0.111. The number of likely N-dealkylation sites (tertiary alicyclic amines) is 1. The zero-order valence-electron chi connectivity index (χ0n) is 65.9. The summed E-state index contributed by atoms with van der Waals surface area (Å²) in [5.41, 5.74) is 10.0. The maximum atomic E-state index is 14.6. The van der Waals surface area contributed by atoms with Crippen molar-refractivity contribution in [3.63, 3.8) is 0 Å². The molecule has 7 N–H and O–H groups in total. The lowest BCUT2D eigenvalue weighted by Crippen LogP contribution is -2.48. The molecule has 2 aliphatic rings. The van der Waals surface area contributed by atoms with E-state index in [4.69, 9.17) is 29.4 Å². The maximum Gasteiger partial charge on any atom is 0.407 e. The predicted molar refractivity (Wildman–Crippen MR) is 419 cm³/mol. The van der Waals surface area contributed by atoms with Gasteiger partial charge in [-0.1, -0.05) is 134 Å². The molecule has 26 nitrogen and oxygen atoms in total. The Hall–Kier alpha value is -8.78. The molecular weight excluding hydrogens is 1430 g/mol. The molecular formula is C83H117N9O17S. The van der Waals surface area contributed by atoms with Gasteiger partial charge in [0.1, 0.15) is 16.5 Å². The van der Waals surface area contributed by atoms with Crippen LogP contribution in [0.25, 0.3) is 0 Å². The number of nitrogens with two attached hydrogens (primary N) is 1. The predicted octanol–water partition coefficient (Wildman–Crippen LogP) is 9.14. The van der Waals surface area contributed by atoms with Crippen molar-refractivity contribution in [3.05, 3.63) is 117 Å². The molecule has 0 radical (unpaired) electrons.